The van der Waals surface area contributed by atoms with Gasteiger partial charge >= 0.3 is 0 Å². The quantitative estimate of drug-likeness (QED) is 0.395. The molecule has 0 N–H and O–H groups in total. The summed E-state index contributed by atoms with van der Waals surface area (Å²) in [7, 11) is -5.44. The Labute approximate surface area is 178 Å². The van der Waals surface area contributed by atoms with Crippen molar-refractivity contribution >= 4 is 56.6 Å². The second-order valence-corrected chi connectivity index (χ2v) is 86.3. The van der Waals surface area contributed by atoms with E-state index < -0.39 is 51.5 Å². The fourth-order valence-electron chi connectivity index (χ4n) is 5.43. The lowest BCUT2D eigenvalue weighted by Gasteiger charge is -2.62. The first kappa shape index (κ1) is 25.8. The van der Waals surface area contributed by atoms with Gasteiger partial charge in [0, 0.05) is 43.6 Å². The highest BCUT2D eigenvalue weighted by Gasteiger charge is 2.67. The van der Waals surface area contributed by atoms with Gasteiger partial charge in [0.25, 0.3) is 0 Å². The zero-order valence-corrected chi connectivity index (χ0v) is 27.9. The number of benzene rings is 1. The average Bonchev–Trinajstić information content (AvgIpc) is 2.43. The molecular formula is C20H47Si7. The first-order chi connectivity index (χ1) is 11.7. The van der Waals surface area contributed by atoms with Crippen molar-refractivity contribution in [3.05, 3.63) is 30.3 Å². The summed E-state index contributed by atoms with van der Waals surface area (Å²) in [6, 6.07) is 12.1. The van der Waals surface area contributed by atoms with Crippen molar-refractivity contribution in [2.24, 2.45) is 0 Å². The van der Waals surface area contributed by atoms with Crippen LogP contribution in [0.4, 0.5) is 0 Å². The highest BCUT2D eigenvalue weighted by Crippen LogP contribution is 2.40. The van der Waals surface area contributed by atoms with Gasteiger partial charge in [-0.3, -0.25) is 0 Å². The highest BCUT2D eigenvalue weighted by atomic mass is 30.2. The van der Waals surface area contributed by atoms with Crippen molar-refractivity contribution < 1.29 is 0 Å². The highest BCUT2D eigenvalue weighted by molar-refractivity contribution is 8.07. The van der Waals surface area contributed by atoms with Crippen LogP contribution in [0, 0.1) is 0 Å². The van der Waals surface area contributed by atoms with Crippen LogP contribution in [0.25, 0.3) is 0 Å². The van der Waals surface area contributed by atoms with Crippen molar-refractivity contribution in [2.45, 2.75) is 91.7 Å². The zero-order chi connectivity index (χ0) is 21.7. The van der Waals surface area contributed by atoms with Crippen LogP contribution in [0.5, 0.6) is 0 Å². The topological polar surface area (TPSA) is 0 Å². The van der Waals surface area contributed by atoms with E-state index in [1.807, 2.05) is 5.19 Å². The molecule has 1 aromatic rings. The Morgan fingerprint density at radius 1 is 0.444 bits per heavy atom. The Kier molecular flexibility index (Phi) is 7.42. The average molecular weight is 484 g/mol. The van der Waals surface area contributed by atoms with E-state index in [2.05, 4.69) is 122 Å². The van der Waals surface area contributed by atoms with Crippen LogP contribution in [0.2, 0.25) is 91.7 Å². The lowest BCUT2D eigenvalue weighted by molar-refractivity contribution is 1.73. The SMILES string of the molecule is C[Si](C)(C)[Si](C)([Si](c1ccccc1)[Si](C)([Si](C)(C)C)[Si](C)(C)C)[Si](C)(C)C. The van der Waals surface area contributed by atoms with Crippen molar-refractivity contribution in [3.63, 3.8) is 0 Å². The number of hydrogen-bond donors (Lipinski definition) is 0. The third kappa shape index (κ3) is 4.44. The Bertz CT molecular complexity index is 562. The van der Waals surface area contributed by atoms with Gasteiger partial charge < -0.3 is 0 Å². The van der Waals surface area contributed by atoms with Gasteiger partial charge in [0.2, 0.25) is 0 Å². The molecule has 0 saturated carbocycles. The predicted octanol–water partition coefficient (Wildman–Crippen LogP) is 6.37. The maximum absolute atomic E-state index is 2.94. The van der Waals surface area contributed by atoms with Crippen LogP contribution in [-0.4, -0.2) is 51.5 Å². The molecule has 0 atom stereocenters. The fraction of sp³-hybridized carbons (Fsp3) is 0.700. The molecule has 1 radical (unpaired) electrons. The van der Waals surface area contributed by atoms with Crippen LogP contribution in [0.3, 0.4) is 0 Å². The predicted molar refractivity (Wildman–Crippen MR) is 148 cm³/mol. The second-order valence-electron chi connectivity index (χ2n) is 13.0. The molecule has 0 aliphatic rings. The van der Waals surface area contributed by atoms with Gasteiger partial charge in [-0.25, -0.2) is 0 Å². The molecule has 1 aromatic carbocycles. The van der Waals surface area contributed by atoms with E-state index in [0.29, 0.717) is 0 Å². The van der Waals surface area contributed by atoms with Crippen LogP contribution < -0.4 is 5.19 Å². The smallest absolute Gasteiger partial charge is 0.0603 e. The third-order valence-electron chi connectivity index (χ3n) is 8.06. The summed E-state index contributed by atoms with van der Waals surface area (Å²) in [5.41, 5.74) is 0. The van der Waals surface area contributed by atoms with Crippen LogP contribution in [-0.2, 0) is 0 Å². The van der Waals surface area contributed by atoms with E-state index in [4.69, 9.17) is 0 Å². The number of hydrogen-bond acceptors (Lipinski definition) is 0. The maximum atomic E-state index is 2.94. The van der Waals surface area contributed by atoms with Crippen molar-refractivity contribution in [2.75, 3.05) is 0 Å². The molecule has 0 unspecified atom stereocenters. The van der Waals surface area contributed by atoms with E-state index in [1.54, 1.807) is 0 Å². The van der Waals surface area contributed by atoms with Gasteiger partial charge in [-0.05, 0) is 0 Å². The molecule has 0 saturated heterocycles. The largest absolute Gasteiger partial charge is 0.0747 e. The molecule has 0 aromatic heterocycles. The van der Waals surface area contributed by atoms with Crippen LogP contribution >= 0.6 is 0 Å². The van der Waals surface area contributed by atoms with E-state index in [1.165, 1.54) is 0 Å². The molecule has 155 valence electrons. The Morgan fingerprint density at radius 3 is 0.926 bits per heavy atom. The van der Waals surface area contributed by atoms with Gasteiger partial charge in [-0.1, -0.05) is 127 Å². The Hall–Kier alpha value is 0.738. The Morgan fingerprint density at radius 2 is 0.704 bits per heavy atom. The molecule has 1 rings (SSSR count). The van der Waals surface area contributed by atoms with Gasteiger partial charge in [-0.15, -0.1) is 0 Å². The number of rotatable bonds is 7. The molecule has 0 aliphatic heterocycles. The molecule has 0 nitrogen and oxygen atoms in total. The summed E-state index contributed by atoms with van der Waals surface area (Å²) >= 11 is 0. The lowest BCUT2D eigenvalue weighted by Crippen LogP contribution is -2.93. The molecule has 7 heteroatoms. The summed E-state index contributed by atoms with van der Waals surface area (Å²) in [6.07, 6.45) is 0. The van der Waals surface area contributed by atoms with Crippen LogP contribution in [0.1, 0.15) is 0 Å². The van der Waals surface area contributed by atoms with Crippen molar-refractivity contribution in [3.8, 4) is 0 Å². The summed E-state index contributed by atoms with van der Waals surface area (Å²) in [6.45, 7) is 36.3. The minimum absolute atomic E-state index is 0.501. The lowest BCUT2D eigenvalue weighted by atomic mass is 10.4. The van der Waals surface area contributed by atoms with E-state index >= 15 is 0 Å². The molecule has 0 bridgehead atoms. The van der Waals surface area contributed by atoms with E-state index in [0.717, 1.165) is 0 Å². The zero-order valence-electron chi connectivity index (χ0n) is 20.9. The van der Waals surface area contributed by atoms with E-state index in [9.17, 15) is 0 Å². The third-order valence-corrected chi connectivity index (χ3v) is 148. The standard InChI is InChI=1S/C20H47Si7/c1-22(2,3)26(13,23(4,5)6)21(20-18-16-15-17-19-20)27(14,24(7,8)9)25(10,11)12/h15-19H,1-14H3. The Balaban J connectivity index is 4.10. The molecule has 27 heavy (non-hydrogen) atoms. The first-order valence-electron chi connectivity index (χ1n) is 10.7. The van der Waals surface area contributed by atoms with Gasteiger partial charge in [0.05, 0.1) is 7.83 Å². The summed E-state index contributed by atoms with van der Waals surface area (Å²) in [4.78, 5) is 0. The van der Waals surface area contributed by atoms with Gasteiger partial charge in [0.1, 0.15) is 0 Å². The minimum Gasteiger partial charge on any atom is -0.0747 e. The monoisotopic (exact) mass is 483 g/mol. The molecular weight excluding hydrogens is 437 g/mol. The van der Waals surface area contributed by atoms with E-state index in [-0.39, 0.29) is 0 Å². The summed E-state index contributed by atoms with van der Waals surface area (Å²) < 4.78 is 0. The normalized spacial score (nSPS) is 15.4. The molecule has 0 fully saturated rings. The summed E-state index contributed by atoms with van der Waals surface area (Å²) in [5, 5.41) is 1.85. The van der Waals surface area contributed by atoms with Gasteiger partial charge in [-0.2, -0.15) is 0 Å². The molecule has 0 spiro atoms. The first-order valence-corrected chi connectivity index (χ1v) is 37.2. The van der Waals surface area contributed by atoms with Gasteiger partial charge in [0.15, 0.2) is 0 Å². The van der Waals surface area contributed by atoms with Crippen molar-refractivity contribution in [1.82, 2.24) is 0 Å². The minimum atomic E-state index is -1.37. The molecule has 0 aliphatic carbocycles. The molecule has 0 amide bonds. The summed E-state index contributed by atoms with van der Waals surface area (Å²) in [5.74, 6) is 0. The second kappa shape index (κ2) is 7.77. The fourth-order valence-corrected chi connectivity index (χ4v) is 208. The molecule has 0 heterocycles. The van der Waals surface area contributed by atoms with Crippen LogP contribution in [0.15, 0.2) is 30.3 Å². The maximum Gasteiger partial charge on any atom is 0.0603 e. The van der Waals surface area contributed by atoms with Crippen molar-refractivity contribution in [1.29, 1.82) is 0 Å².